The van der Waals surface area contributed by atoms with Crippen molar-refractivity contribution in [2.24, 2.45) is 0 Å². The summed E-state index contributed by atoms with van der Waals surface area (Å²) in [5, 5.41) is 3.57. The highest BCUT2D eigenvalue weighted by atomic mass is 16.5. The lowest BCUT2D eigenvalue weighted by atomic mass is 10.0. The second kappa shape index (κ2) is 5.90. The van der Waals surface area contributed by atoms with E-state index in [2.05, 4.69) is 45.1 Å². The van der Waals surface area contributed by atoms with Crippen LogP contribution in [-0.4, -0.2) is 19.8 Å². The van der Waals surface area contributed by atoms with Gasteiger partial charge in [-0.25, -0.2) is 0 Å². The molecular weight excluding hydrogens is 198 g/mol. The van der Waals surface area contributed by atoms with Crippen LogP contribution in [0.1, 0.15) is 30.0 Å². The number of anilines is 1. The molecule has 1 atom stereocenters. The summed E-state index contributed by atoms with van der Waals surface area (Å²) in [6.45, 7) is 9.37. The molecule has 90 valence electrons. The summed E-state index contributed by atoms with van der Waals surface area (Å²) in [4.78, 5) is 0. The van der Waals surface area contributed by atoms with E-state index >= 15 is 0 Å². The van der Waals surface area contributed by atoms with E-state index in [4.69, 9.17) is 4.74 Å². The second-order valence-corrected chi connectivity index (χ2v) is 4.48. The average molecular weight is 221 g/mol. The summed E-state index contributed by atoms with van der Waals surface area (Å²) in [6.07, 6.45) is 1.07. The highest BCUT2D eigenvalue weighted by molar-refractivity contribution is 5.58. The molecule has 0 aliphatic rings. The van der Waals surface area contributed by atoms with Gasteiger partial charge in [0.25, 0.3) is 0 Å². The number of ether oxygens (including phenoxy) is 1. The maximum absolute atomic E-state index is 5.21. The zero-order valence-corrected chi connectivity index (χ0v) is 11.1. The standard InChI is InChI=1S/C14H23NO/c1-6-13(9-16-5)15-14-11(3)7-10(2)8-12(14)4/h7-8,13,15H,6,9H2,1-5H3. The van der Waals surface area contributed by atoms with Crippen LogP contribution in [-0.2, 0) is 4.74 Å². The lowest BCUT2D eigenvalue weighted by molar-refractivity contribution is 0.184. The third-order valence-electron chi connectivity index (χ3n) is 2.89. The largest absolute Gasteiger partial charge is 0.383 e. The lowest BCUT2D eigenvalue weighted by Crippen LogP contribution is -2.24. The first-order valence-corrected chi connectivity index (χ1v) is 5.91. The average Bonchev–Trinajstić information content (AvgIpc) is 2.21. The maximum Gasteiger partial charge on any atom is 0.0663 e. The molecular formula is C14H23NO. The van der Waals surface area contributed by atoms with Crippen molar-refractivity contribution in [2.75, 3.05) is 19.0 Å². The van der Waals surface area contributed by atoms with E-state index in [9.17, 15) is 0 Å². The van der Waals surface area contributed by atoms with E-state index in [-0.39, 0.29) is 0 Å². The molecule has 0 fully saturated rings. The Morgan fingerprint density at radius 1 is 1.19 bits per heavy atom. The summed E-state index contributed by atoms with van der Waals surface area (Å²) < 4.78 is 5.21. The van der Waals surface area contributed by atoms with Gasteiger partial charge in [0.1, 0.15) is 0 Å². The van der Waals surface area contributed by atoms with E-state index in [1.54, 1.807) is 7.11 Å². The fraction of sp³-hybridized carbons (Fsp3) is 0.571. The van der Waals surface area contributed by atoms with Crippen molar-refractivity contribution in [3.63, 3.8) is 0 Å². The Labute approximate surface area is 99.0 Å². The summed E-state index contributed by atoms with van der Waals surface area (Å²) in [5.41, 5.74) is 5.20. The molecule has 0 heterocycles. The van der Waals surface area contributed by atoms with Gasteiger partial charge in [-0.2, -0.15) is 0 Å². The molecule has 0 radical (unpaired) electrons. The number of nitrogens with one attached hydrogen (secondary N) is 1. The molecule has 0 saturated heterocycles. The molecule has 1 aromatic rings. The lowest BCUT2D eigenvalue weighted by Gasteiger charge is -2.21. The van der Waals surface area contributed by atoms with Crippen molar-refractivity contribution in [1.29, 1.82) is 0 Å². The van der Waals surface area contributed by atoms with Crippen molar-refractivity contribution in [1.82, 2.24) is 0 Å². The summed E-state index contributed by atoms with van der Waals surface area (Å²) in [5.74, 6) is 0. The summed E-state index contributed by atoms with van der Waals surface area (Å²) in [7, 11) is 1.75. The Kier molecular flexibility index (Phi) is 4.81. The van der Waals surface area contributed by atoms with Crippen molar-refractivity contribution in [3.05, 3.63) is 28.8 Å². The fourth-order valence-electron chi connectivity index (χ4n) is 2.07. The quantitative estimate of drug-likeness (QED) is 0.822. The number of rotatable bonds is 5. The van der Waals surface area contributed by atoms with Crippen LogP contribution >= 0.6 is 0 Å². The summed E-state index contributed by atoms with van der Waals surface area (Å²) >= 11 is 0. The van der Waals surface area contributed by atoms with Crippen LogP contribution < -0.4 is 5.32 Å². The molecule has 16 heavy (non-hydrogen) atoms. The number of hydrogen-bond donors (Lipinski definition) is 1. The van der Waals surface area contributed by atoms with Gasteiger partial charge in [0.2, 0.25) is 0 Å². The van der Waals surface area contributed by atoms with Crippen molar-refractivity contribution in [3.8, 4) is 0 Å². The molecule has 2 nitrogen and oxygen atoms in total. The zero-order valence-electron chi connectivity index (χ0n) is 11.1. The minimum Gasteiger partial charge on any atom is -0.383 e. The first-order chi connectivity index (χ1) is 7.58. The Balaban J connectivity index is 2.87. The van der Waals surface area contributed by atoms with Crippen LogP contribution in [0.25, 0.3) is 0 Å². The molecule has 0 aliphatic carbocycles. The van der Waals surface area contributed by atoms with Gasteiger partial charge in [0, 0.05) is 18.8 Å². The van der Waals surface area contributed by atoms with Crippen LogP contribution in [0, 0.1) is 20.8 Å². The molecule has 1 rings (SSSR count). The van der Waals surface area contributed by atoms with Gasteiger partial charge in [-0.3, -0.25) is 0 Å². The molecule has 0 aliphatic heterocycles. The van der Waals surface area contributed by atoms with E-state index in [1.807, 2.05) is 0 Å². The monoisotopic (exact) mass is 221 g/mol. The van der Waals surface area contributed by atoms with E-state index < -0.39 is 0 Å². The molecule has 0 spiro atoms. The highest BCUT2D eigenvalue weighted by Crippen LogP contribution is 2.23. The van der Waals surface area contributed by atoms with Crippen LogP contribution in [0.5, 0.6) is 0 Å². The number of benzene rings is 1. The third kappa shape index (κ3) is 3.24. The van der Waals surface area contributed by atoms with Gasteiger partial charge in [-0.05, 0) is 38.3 Å². The van der Waals surface area contributed by atoms with E-state index in [1.165, 1.54) is 22.4 Å². The predicted molar refractivity (Wildman–Crippen MR) is 70.2 cm³/mol. The predicted octanol–water partition coefficient (Wildman–Crippen LogP) is 3.45. The van der Waals surface area contributed by atoms with Gasteiger partial charge in [0.15, 0.2) is 0 Å². The van der Waals surface area contributed by atoms with Crippen molar-refractivity contribution in [2.45, 2.75) is 40.2 Å². The van der Waals surface area contributed by atoms with Crippen molar-refractivity contribution < 1.29 is 4.74 Å². The third-order valence-corrected chi connectivity index (χ3v) is 2.89. The fourth-order valence-corrected chi connectivity index (χ4v) is 2.07. The number of hydrogen-bond acceptors (Lipinski definition) is 2. The van der Waals surface area contributed by atoms with Gasteiger partial charge in [-0.15, -0.1) is 0 Å². The Morgan fingerprint density at radius 3 is 2.19 bits per heavy atom. The van der Waals surface area contributed by atoms with E-state index in [0.29, 0.717) is 6.04 Å². The molecule has 0 bridgehead atoms. The molecule has 0 aromatic heterocycles. The molecule has 0 amide bonds. The normalized spacial score (nSPS) is 12.6. The molecule has 1 aromatic carbocycles. The second-order valence-electron chi connectivity index (χ2n) is 4.48. The Morgan fingerprint density at radius 2 is 1.75 bits per heavy atom. The minimum atomic E-state index is 0.394. The molecule has 2 heteroatoms. The van der Waals surface area contributed by atoms with Gasteiger partial charge >= 0.3 is 0 Å². The smallest absolute Gasteiger partial charge is 0.0663 e. The van der Waals surface area contributed by atoms with Crippen LogP contribution in [0.15, 0.2) is 12.1 Å². The summed E-state index contributed by atoms with van der Waals surface area (Å²) in [6, 6.07) is 4.83. The SMILES string of the molecule is CCC(COC)Nc1c(C)cc(C)cc1C. The maximum atomic E-state index is 5.21. The minimum absolute atomic E-state index is 0.394. The first kappa shape index (κ1) is 13.0. The highest BCUT2D eigenvalue weighted by Gasteiger charge is 2.09. The molecule has 1 N–H and O–H groups in total. The Hall–Kier alpha value is -1.02. The molecule has 1 unspecified atom stereocenters. The topological polar surface area (TPSA) is 21.3 Å². The Bertz CT molecular complexity index is 324. The molecule has 0 saturated carbocycles. The van der Waals surface area contributed by atoms with Crippen molar-refractivity contribution >= 4 is 5.69 Å². The van der Waals surface area contributed by atoms with Crippen LogP contribution in [0.2, 0.25) is 0 Å². The van der Waals surface area contributed by atoms with Gasteiger partial charge < -0.3 is 10.1 Å². The van der Waals surface area contributed by atoms with Crippen LogP contribution in [0.4, 0.5) is 5.69 Å². The van der Waals surface area contributed by atoms with Gasteiger partial charge in [-0.1, -0.05) is 24.6 Å². The number of methoxy groups -OCH3 is 1. The first-order valence-electron chi connectivity index (χ1n) is 5.91. The van der Waals surface area contributed by atoms with Crippen LogP contribution in [0.3, 0.4) is 0 Å². The van der Waals surface area contributed by atoms with Gasteiger partial charge in [0.05, 0.1) is 6.61 Å². The zero-order chi connectivity index (χ0) is 12.1. The van der Waals surface area contributed by atoms with E-state index in [0.717, 1.165) is 13.0 Å². The number of aryl methyl sites for hydroxylation is 3.